The molecular weight excluding hydrogens is 184 g/mol. The average molecular weight is 198 g/mol. The van der Waals surface area contributed by atoms with Gasteiger partial charge in [-0.1, -0.05) is 13.8 Å². The van der Waals surface area contributed by atoms with Gasteiger partial charge in [0.05, 0.1) is 18.1 Å². The first-order valence-electron chi connectivity index (χ1n) is 4.23. The van der Waals surface area contributed by atoms with Crippen LogP contribution in [0.1, 0.15) is 13.8 Å². The van der Waals surface area contributed by atoms with Crippen LogP contribution in [0.2, 0.25) is 0 Å². The number of nitrogen functional groups attached to an aromatic ring is 1. The van der Waals surface area contributed by atoms with E-state index in [1.165, 1.54) is 19.2 Å². The van der Waals surface area contributed by atoms with Crippen molar-refractivity contribution in [3.8, 4) is 5.75 Å². The molecule has 0 bridgehead atoms. The summed E-state index contributed by atoms with van der Waals surface area (Å²) in [5.41, 5.74) is 5.36. The summed E-state index contributed by atoms with van der Waals surface area (Å²) >= 11 is 0. The molecule has 0 saturated heterocycles. The summed E-state index contributed by atoms with van der Waals surface area (Å²) in [6, 6.07) is 4.30. The van der Waals surface area contributed by atoms with Crippen LogP contribution in [-0.4, -0.2) is 12.0 Å². The maximum atomic E-state index is 10.4. The summed E-state index contributed by atoms with van der Waals surface area (Å²) < 4.78 is 4.80. The molecule has 1 aromatic rings. The van der Waals surface area contributed by atoms with Crippen LogP contribution in [0.3, 0.4) is 0 Å². The highest BCUT2D eigenvalue weighted by molar-refractivity contribution is 5.60. The zero-order valence-corrected chi connectivity index (χ0v) is 8.48. The number of benzene rings is 1. The lowest BCUT2D eigenvalue weighted by atomic mass is 10.2. The van der Waals surface area contributed by atoms with Crippen LogP contribution in [0.25, 0.3) is 0 Å². The Bertz CT molecular complexity index is 313. The Labute approximate surface area is 82.6 Å². The van der Waals surface area contributed by atoms with Crippen molar-refractivity contribution in [2.75, 3.05) is 12.8 Å². The van der Waals surface area contributed by atoms with E-state index in [0.717, 1.165) is 0 Å². The highest BCUT2D eigenvalue weighted by Gasteiger charge is 2.11. The molecule has 14 heavy (non-hydrogen) atoms. The number of nitro groups is 1. The molecule has 0 fully saturated rings. The van der Waals surface area contributed by atoms with Gasteiger partial charge in [-0.25, -0.2) is 0 Å². The first-order chi connectivity index (χ1) is 6.65. The van der Waals surface area contributed by atoms with E-state index in [2.05, 4.69) is 0 Å². The van der Waals surface area contributed by atoms with Crippen LogP contribution in [0.15, 0.2) is 18.2 Å². The van der Waals surface area contributed by atoms with E-state index in [1.807, 2.05) is 13.8 Å². The molecule has 1 rings (SSSR count). The molecule has 0 radical (unpaired) electrons. The molecule has 2 N–H and O–H groups in total. The first-order valence-corrected chi connectivity index (χ1v) is 4.23. The second-order valence-corrected chi connectivity index (χ2v) is 2.18. The van der Waals surface area contributed by atoms with Crippen molar-refractivity contribution in [3.05, 3.63) is 28.3 Å². The van der Waals surface area contributed by atoms with E-state index in [1.54, 1.807) is 6.07 Å². The number of rotatable bonds is 2. The van der Waals surface area contributed by atoms with Crippen LogP contribution in [-0.2, 0) is 0 Å². The van der Waals surface area contributed by atoms with Gasteiger partial charge < -0.3 is 10.5 Å². The van der Waals surface area contributed by atoms with Crippen molar-refractivity contribution in [1.82, 2.24) is 0 Å². The van der Waals surface area contributed by atoms with E-state index in [0.29, 0.717) is 5.75 Å². The van der Waals surface area contributed by atoms with Crippen LogP contribution >= 0.6 is 0 Å². The van der Waals surface area contributed by atoms with Crippen LogP contribution in [0.5, 0.6) is 5.75 Å². The van der Waals surface area contributed by atoms with E-state index in [-0.39, 0.29) is 11.4 Å². The maximum absolute atomic E-state index is 10.4. The van der Waals surface area contributed by atoms with Gasteiger partial charge in [-0.05, 0) is 12.1 Å². The Hall–Kier alpha value is -1.78. The molecule has 0 aliphatic heterocycles. The van der Waals surface area contributed by atoms with Crippen LogP contribution in [0, 0.1) is 10.1 Å². The number of nitrogens with two attached hydrogens (primary N) is 1. The molecule has 0 atom stereocenters. The summed E-state index contributed by atoms with van der Waals surface area (Å²) in [6.07, 6.45) is 0. The molecule has 0 aliphatic carbocycles. The van der Waals surface area contributed by atoms with E-state index in [4.69, 9.17) is 10.5 Å². The molecule has 0 heterocycles. The highest BCUT2D eigenvalue weighted by Crippen LogP contribution is 2.25. The zero-order valence-electron chi connectivity index (χ0n) is 8.48. The Morgan fingerprint density at radius 1 is 1.43 bits per heavy atom. The fourth-order valence-electron chi connectivity index (χ4n) is 0.809. The van der Waals surface area contributed by atoms with Crippen molar-refractivity contribution >= 4 is 11.4 Å². The fourth-order valence-corrected chi connectivity index (χ4v) is 0.809. The number of anilines is 1. The van der Waals surface area contributed by atoms with Gasteiger partial charge in [-0.15, -0.1) is 0 Å². The van der Waals surface area contributed by atoms with Gasteiger partial charge in [0.2, 0.25) is 0 Å². The lowest BCUT2D eigenvalue weighted by molar-refractivity contribution is -0.384. The molecule has 1 aromatic carbocycles. The molecule has 0 amide bonds. The van der Waals surface area contributed by atoms with Gasteiger partial charge in [0, 0.05) is 0 Å². The monoisotopic (exact) mass is 198 g/mol. The van der Waals surface area contributed by atoms with E-state index in [9.17, 15) is 10.1 Å². The SMILES string of the molecule is CC.COc1ccc(N)c([N+](=O)[O-])c1. The average Bonchev–Trinajstić information content (AvgIpc) is 2.21. The van der Waals surface area contributed by atoms with Crippen molar-refractivity contribution in [1.29, 1.82) is 0 Å². The molecule has 0 saturated carbocycles. The molecule has 5 heteroatoms. The molecule has 0 spiro atoms. The second-order valence-electron chi connectivity index (χ2n) is 2.18. The summed E-state index contributed by atoms with van der Waals surface area (Å²) in [5, 5.41) is 10.4. The van der Waals surface area contributed by atoms with Gasteiger partial charge in [-0.2, -0.15) is 0 Å². The fraction of sp³-hybridized carbons (Fsp3) is 0.333. The van der Waals surface area contributed by atoms with E-state index < -0.39 is 4.92 Å². The van der Waals surface area contributed by atoms with Gasteiger partial charge in [-0.3, -0.25) is 10.1 Å². The standard InChI is InChI=1S/C7H8N2O3.C2H6/c1-12-5-2-3-6(8)7(4-5)9(10)11;1-2/h2-4H,8H2,1H3;1-2H3. The maximum Gasteiger partial charge on any atom is 0.295 e. The number of ether oxygens (including phenoxy) is 1. The Morgan fingerprint density at radius 3 is 2.43 bits per heavy atom. The number of nitro benzene ring substituents is 1. The zero-order chi connectivity index (χ0) is 11.1. The lowest BCUT2D eigenvalue weighted by Gasteiger charge is -2.00. The number of hydrogen-bond donors (Lipinski definition) is 1. The third kappa shape index (κ3) is 2.93. The van der Waals surface area contributed by atoms with Crippen molar-refractivity contribution in [2.45, 2.75) is 13.8 Å². The normalized spacial score (nSPS) is 8.50. The van der Waals surface area contributed by atoms with Crippen molar-refractivity contribution < 1.29 is 9.66 Å². The van der Waals surface area contributed by atoms with Crippen molar-refractivity contribution in [2.24, 2.45) is 0 Å². The smallest absolute Gasteiger partial charge is 0.295 e. The highest BCUT2D eigenvalue weighted by atomic mass is 16.6. The van der Waals surface area contributed by atoms with Gasteiger partial charge in [0.15, 0.2) is 0 Å². The first kappa shape index (κ1) is 12.2. The minimum Gasteiger partial charge on any atom is -0.496 e. The number of hydrogen-bond acceptors (Lipinski definition) is 4. The molecule has 0 unspecified atom stereocenters. The summed E-state index contributed by atoms with van der Waals surface area (Å²) in [5.74, 6) is 0.427. The molecule has 0 aromatic heterocycles. The minimum absolute atomic E-state index is 0.130. The van der Waals surface area contributed by atoms with Gasteiger partial charge in [0.25, 0.3) is 5.69 Å². The van der Waals surface area contributed by atoms with Crippen LogP contribution in [0.4, 0.5) is 11.4 Å². The Kier molecular flexibility index (Phi) is 5.06. The predicted molar refractivity (Wildman–Crippen MR) is 55.4 cm³/mol. The minimum atomic E-state index is -0.544. The van der Waals surface area contributed by atoms with Gasteiger partial charge >= 0.3 is 0 Å². The summed E-state index contributed by atoms with van der Waals surface area (Å²) in [4.78, 5) is 9.82. The molecule has 78 valence electrons. The molecular formula is C9H14N2O3. The Balaban J connectivity index is 0.000000791. The number of nitrogens with zero attached hydrogens (tertiary/aromatic N) is 1. The molecule has 0 aliphatic rings. The number of methoxy groups -OCH3 is 1. The quantitative estimate of drug-likeness (QED) is 0.449. The third-order valence-electron chi connectivity index (χ3n) is 1.43. The predicted octanol–water partition coefficient (Wildman–Crippen LogP) is 2.21. The summed E-state index contributed by atoms with van der Waals surface area (Å²) in [6.45, 7) is 4.00. The summed E-state index contributed by atoms with van der Waals surface area (Å²) in [7, 11) is 1.44. The van der Waals surface area contributed by atoms with Crippen LogP contribution < -0.4 is 10.5 Å². The lowest BCUT2D eigenvalue weighted by Crippen LogP contribution is -1.95. The second kappa shape index (κ2) is 5.80. The van der Waals surface area contributed by atoms with Crippen molar-refractivity contribution in [3.63, 3.8) is 0 Å². The Morgan fingerprint density at radius 2 is 2.00 bits per heavy atom. The van der Waals surface area contributed by atoms with E-state index >= 15 is 0 Å². The third-order valence-corrected chi connectivity index (χ3v) is 1.43. The van der Waals surface area contributed by atoms with Gasteiger partial charge in [0.1, 0.15) is 11.4 Å². The largest absolute Gasteiger partial charge is 0.496 e. The topological polar surface area (TPSA) is 78.4 Å². The molecule has 5 nitrogen and oxygen atoms in total.